The summed E-state index contributed by atoms with van der Waals surface area (Å²) in [6.45, 7) is 6.14. The molecule has 0 unspecified atom stereocenters. The number of rotatable bonds is 12. The summed E-state index contributed by atoms with van der Waals surface area (Å²) in [6.07, 6.45) is 1.30. The summed E-state index contributed by atoms with van der Waals surface area (Å²) >= 11 is 7.41. The third-order valence-corrected chi connectivity index (χ3v) is 6.54. The van der Waals surface area contributed by atoms with Gasteiger partial charge in [-0.1, -0.05) is 49.7 Å². The molecule has 2 aromatic carbocycles. The van der Waals surface area contributed by atoms with Gasteiger partial charge in [-0.25, -0.2) is 0 Å². The van der Waals surface area contributed by atoms with Crippen LogP contribution in [0.3, 0.4) is 0 Å². The number of carbonyl (C=O) groups is 2. The molecule has 33 heavy (non-hydrogen) atoms. The minimum absolute atomic E-state index is 0.0237. The van der Waals surface area contributed by atoms with Crippen molar-refractivity contribution in [3.63, 3.8) is 0 Å². The van der Waals surface area contributed by atoms with Crippen LogP contribution >= 0.6 is 23.4 Å². The van der Waals surface area contributed by atoms with Crippen LogP contribution in [0.25, 0.3) is 0 Å². The number of carbonyl (C=O) groups excluding carboxylic acids is 2. The summed E-state index contributed by atoms with van der Waals surface area (Å²) in [5, 5.41) is 14.4. The molecule has 0 aromatic heterocycles. The monoisotopic (exact) mass is 491 g/mol. The molecule has 2 aromatic rings. The first-order valence-electron chi connectivity index (χ1n) is 10.9. The van der Waals surface area contributed by atoms with Crippen LogP contribution in [0.15, 0.2) is 48.5 Å². The first kappa shape index (κ1) is 26.7. The maximum atomic E-state index is 13.2. The minimum Gasteiger partial charge on any atom is -0.352 e. The zero-order valence-corrected chi connectivity index (χ0v) is 20.7. The number of halogens is 1. The molecule has 0 bridgehead atoms. The third kappa shape index (κ3) is 8.37. The molecule has 9 heteroatoms. The van der Waals surface area contributed by atoms with E-state index in [4.69, 9.17) is 11.6 Å². The van der Waals surface area contributed by atoms with E-state index in [9.17, 15) is 19.7 Å². The van der Waals surface area contributed by atoms with Gasteiger partial charge in [0.1, 0.15) is 6.04 Å². The van der Waals surface area contributed by atoms with Crippen LogP contribution in [0.2, 0.25) is 5.02 Å². The van der Waals surface area contributed by atoms with Crippen molar-refractivity contribution in [1.82, 2.24) is 10.2 Å². The Morgan fingerprint density at radius 3 is 2.21 bits per heavy atom. The highest BCUT2D eigenvalue weighted by Gasteiger charge is 2.29. The topological polar surface area (TPSA) is 92.6 Å². The summed E-state index contributed by atoms with van der Waals surface area (Å²) in [7, 11) is 0. The van der Waals surface area contributed by atoms with Gasteiger partial charge in [0, 0.05) is 35.5 Å². The van der Waals surface area contributed by atoms with Crippen LogP contribution < -0.4 is 5.32 Å². The number of nitrogens with one attached hydrogen (secondary N) is 1. The molecule has 7 nitrogen and oxygen atoms in total. The smallest absolute Gasteiger partial charge is 0.269 e. The molecule has 0 aliphatic carbocycles. The van der Waals surface area contributed by atoms with E-state index < -0.39 is 11.0 Å². The van der Waals surface area contributed by atoms with Crippen molar-refractivity contribution >= 4 is 40.9 Å². The number of benzene rings is 2. The number of nitrogens with zero attached hydrogens (tertiary/aromatic N) is 2. The summed E-state index contributed by atoms with van der Waals surface area (Å²) in [5.41, 5.74) is 1.82. The predicted molar refractivity (Wildman–Crippen MR) is 133 cm³/mol. The van der Waals surface area contributed by atoms with Gasteiger partial charge in [0.2, 0.25) is 11.8 Å². The minimum atomic E-state index is -0.581. The molecule has 2 atom stereocenters. The lowest BCUT2D eigenvalue weighted by molar-refractivity contribution is -0.384. The highest BCUT2D eigenvalue weighted by Crippen LogP contribution is 2.20. The second-order valence-corrected chi connectivity index (χ2v) is 9.23. The fourth-order valence-corrected chi connectivity index (χ4v) is 4.20. The molecule has 0 fully saturated rings. The zero-order chi connectivity index (χ0) is 24.4. The quantitative estimate of drug-likeness (QED) is 0.325. The molecule has 0 heterocycles. The Kier molecular flexibility index (Phi) is 10.7. The van der Waals surface area contributed by atoms with Crippen LogP contribution in [0.5, 0.6) is 0 Å². The molecule has 2 rings (SSSR count). The van der Waals surface area contributed by atoms with E-state index in [1.54, 1.807) is 29.2 Å². The van der Waals surface area contributed by atoms with Gasteiger partial charge < -0.3 is 10.2 Å². The van der Waals surface area contributed by atoms with Crippen molar-refractivity contribution in [3.05, 3.63) is 74.8 Å². The Morgan fingerprint density at radius 2 is 1.67 bits per heavy atom. The largest absolute Gasteiger partial charge is 0.352 e. The molecule has 0 saturated heterocycles. The lowest BCUT2D eigenvalue weighted by atomic mass is 10.1. The van der Waals surface area contributed by atoms with E-state index in [0.29, 0.717) is 23.7 Å². The molecule has 1 N–H and O–H groups in total. The van der Waals surface area contributed by atoms with Crippen molar-refractivity contribution in [3.8, 4) is 0 Å². The first-order valence-corrected chi connectivity index (χ1v) is 12.4. The van der Waals surface area contributed by atoms with Crippen molar-refractivity contribution in [2.24, 2.45) is 0 Å². The number of non-ortho nitro benzene ring substituents is 1. The molecular weight excluding hydrogens is 462 g/mol. The number of thioether (sulfide) groups is 1. The summed E-state index contributed by atoms with van der Waals surface area (Å²) in [4.78, 5) is 38.1. The van der Waals surface area contributed by atoms with E-state index >= 15 is 0 Å². The van der Waals surface area contributed by atoms with Gasteiger partial charge in [-0.15, -0.1) is 11.8 Å². The van der Waals surface area contributed by atoms with Gasteiger partial charge in [-0.3, -0.25) is 19.7 Å². The average molecular weight is 492 g/mol. The highest BCUT2D eigenvalue weighted by atomic mass is 35.5. The number of nitro groups is 1. The Morgan fingerprint density at radius 1 is 1.06 bits per heavy atom. The predicted octanol–water partition coefficient (Wildman–Crippen LogP) is 5.20. The molecule has 0 spiro atoms. The maximum absolute atomic E-state index is 13.2. The van der Waals surface area contributed by atoms with Crippen LogP contribution in [0, 0.1) is 10.1 Å². The zero-order valence-electron chi connectivity index (χ0n) is 19.1. The molecule has 178 valence electrons. The van der Waals surface area contributed by atoms with E-state index in [1.807, 2.05) is 32.9 Å². The van der Waals surface area contributed by atoms with Crippen LogP contribution in [0.4, 0.5) is 5.69 Å². The van der Waals surface area contributed by atoms with Crippen LogP contribution in [0.1, 0.15) is 44.7 Å². The molecule has 2 amide bonds. The molecular formula is C24H30ClN3O4S. The number of amides is 2. The molecule has 0 aliphatic heterocycles. The highest BCUT2D eigenvalue weighted by molar-refractivity contribution is 7.99. The lowest BCUT2D eigenvalue weighted by Gasteiger charge is -2.31. The Hall–Kier alpha value is -2.58. The third-order valence-electron chi connectivity index (χ3n) is 5.29. The van der Waals surface area contributed by atoms with Gasteiger partial charge in [-0.05, 0) is 43.0 Å². The number of hydrogen-bond donors (Lipinski definition) is 1. The van der Waals surface area contributed by atoms with Gasteiger partial charge in [0.25, 0.3) is 5.69 Å². The van der Waals surface area contributed by atoms with Gasteiger partial charge in [0.05, 0.1) is 10.7 Å². The van der Waals surface area contributed by atoms with Crippen molar-refractivity contribution in [1.29, 1.82) is 0 Å². The van der Waals surface area contributed by atoms with E-state index in [2.05, 4.69) is 5.32 Å². The van der Waals surface area contributed by atoms with E-state index in [-0.39, 0.29) is 29.3 Å². The standard InChI is InChI=1S/C24H30ClN3O4S/c1-4-17(3)26-24(30)22(5-2)27(14-18-6-10-20(25)11-7-18)23(29)16-33-15-19-8-12-21(13-9-19)28(31)32/h6-13,17,22H,4-5,14-16H2,1-3H3,(H,26,30)/t17-,22+/m0/s1. The fraction of sp³-hybridized carbons (Fsp3) is 0.417. The van der Waals surface area contributed by atoms with Crippen LogP contribution in [-0.2, 0) is 21.9 Å². The summed E-state index contributed by atoms with van der Waals surface area (Å²) in [6, 6.07) is 13.0. The van der Waals surface area contributed by atoms with Crippen molar-refractivity contribution in [2.75, 3.05) is 5.75 Å². The summed E-state index contributed by atoms with van der Waals surface area (Å²) < 4.78 is 0. The maximum Gasteiger partial charge on any atom is 0.269 e. The second-order valence-electron chi connectivity index (χ2n) is 7.81. The average Bonchev–Trinajstić information content (AvgIpc) is 2.80. The normalized spacial score (nSPS) is 12.6. The molecule has 0 saturated carbocycles. The Labute approximate surface area is 204 Å². The van der Waals surface area contributed by atoms with Gasteiger partial charge in [0.15, 0.2) is 0 Å². The fourth-order valence-electron chi connectivity index (χ4n) is 3.20. The second kappa shape index (κ2) is 13.2. The van der Waals surface area contributed by atoms with Gasteiger partial charge >= 0.3 is 0 Å². The van der Waals surface area contributed by atoms with Crippen molar-refractivity contribution in [2.45, 2.75) is 58.0 Å². The van der Waals surface area contributed by atoms with E-state index in [0.717, 1.165) is 17.5 Å². The SMILES string of the molecule is CC[C@H](C(=O)N[C@@H](C)CC)N(Cc1ccc(Cl)cc1)C(=O)CSCc1ccc([N+](=O)[O-])cc1. The lowest BCUT2D eigenvalue weighted by Crippen LogP contribution is -2.51. The number of nitro benzene ring substituents is 1. The first-order chi connectivity index (χ1) is 15.7. The summed E-state index contributed by atoms with van der Waals surface area (Å²) in [5.74, 6) is 0.434. The van der Waals surface area contributed by atoms with Crippen LogP contribution in [-0.4, -0.2) is 39.5 Å². The molecule has 0 radical (unpaired) electrons. The van der Waals surface area contributed by atoms with Gasteiger partial charge in [-0.2, -0.15) is 0 Å². The Balaban J connectivity index is 2.11. The molecule has 0 aliphatic rings. The Bertz CT molecular complexity index is 938. The van der Waals surface area contributed by atoms with E-state index in [1.165, 1.54) is 23.9 Å². The van der Waals surface area contributed by atoms with Crippen molar-refractivity contribution < 1.29 is 14.5 Å². The number of hydrogen-bond acceptors (Lipinski definition) is 5.